The molecule has 1 unspecified atom stereocenters. The highest BCUT2D eigenvalue weighted by Gasteiger charge is 2.26. The summed E-state index contributed by atoms with van der Waals surface area (Å²) in [4.78, 5) is 22.5. The summed E-state index contributed by atoms with van der Waals surface area (Å²) < 4.78 is 0. The van der Waals surface area contributed by atoms with Crippen LogP contribution in [0.5, 0.6) is 0 Å². The van der Waals surface area contributed by atoms with Crippen LogP contribution in [-0.4, -0.2) is 54.6 Å². The topological polar surface area (TPSA) is 48.5 Å². The fourth-order valence-electron chi connectivity index (χ4n) is 2.75. The van der Waals surface area contributed by atoms with Gasteiger partial charge in [0, 0.05) is 49.2 Å². The van der Waals surface area contributed by atoms with Crippen molar-refractivity contribution in [3.63, 3.8) is 0 Å². The maximum absolute atomic E-state index is 12.3. The molecule has 3 rings (SSSR count). The number of aromatic nitrogens is 1. The SMILES string of the molecule is CC(C(=O)NCCc1cccs1)N1CCN(c2nccs2)CC1. The van der Waals surface area contributed by atoms with Gasteiger partial charge in [0.2, 0.25) is 5.91 Å². The quantitative estimate of drug-likeness (QED) is 0.866. The van der Waals surface area contributed by atoms with Crippen LogP contribution in [0.1, 0.15) is 11.8 Å². The van der Waals surface area contributed by atoms with Gasteiger partial charge < -0.3 is 10.2 Å². The van der Waals surface area contributed by atoms with E-state index in [2.05, 4.69) is 31.5 Å². The molecular weight excluding hydrogens is 328 g/mol. The van der Waals surface area contributed by atoms with Gasteiger partial charge in [-0.1, -0.05) is 6.07 Å². The van der Waals surface area contributed by atoms with Crippen molar-refractivity contribution in [2.75, 3.05) is 37.6 Å². The molecule has 0 spiro atoms. The first-order chi connectivity index (χ1) is 11.2. The predicted molar refractivity (Wildman–Crippen MR) is 96.4 cm³/mol. The molecule has 0 bridgehead atoms. The molecule has 5 nitrogen and oxygen atoms in total. The minimum atomic E-state index is -0.0724. The minimum absolute atomic E-state index is 0.0724. The van der Waals surface area contributed by atoms with Gasteiger partial charge in [-0.25, -0.2) is 4.98 Å². The van der Waals surface area contributed by atoms with Crippen LogP contribution in [0.15, 0.2) is 29.1 Å². The molecule has 1 amide bonds. The van der Waals surface area contributed by atoms with E-state index in [9.17, 15) is 4.79 Å². The van der Waals surface area contributed by atoms with Crippen LogP contribution in [0.3, 0.4) is 0 Å². The average molecular weight is 351 g/mol. The second-order valence-electron chi connectivity index (χ2n) is 5.63. The molecular formula is C16H22N4OS2. The number of nitrogens with one attached hydrogen (secondary N) is 1. The van der Waals surface area contributed by atoms with Crippen LogP contribution in [-0.2, 0) is 11.2 Å². The Morgan fingerprint density at radius 2 is 2.13 bits per heavy atom. The first kappa shape index (κ1) is 16.4. The smallest absolute Gasteiger partial charge is 0.237 e. The number of nitrogens with zero attached hydrogens (tertiary/aromatic N) is 3. The second-order valence-corrected chi connectivity index (χ2v) is 7.54. The summed E-state index contributed by atoms with van der Waals surface area (Å²) in [5.74, 6) is 0.129. The van der Waals surface area contributed by atoms with Crippen LogP contribution >= 0.6 is 22.7 Å². The lowest BCUT2D eigenvalue weighted by Gasteiger charge is -2.37. The summed E-state index contributed by atoms with van der Waals surface area (Å²) in [6, 6.07) is 4.08. The van der Waals surface area contributed by atoms with Crippen LogP contribution in [0.4, 0.5) is 5.13 Å². The lowest BCUT2D eigenvalue weighted by Crippen LogP contribution is -2.54. The second kappa shape index (κ2) is 7.90. The summed E-state index contributed by atoms with van der Waals surface area (Å²) in [6.07, 6.45) is 2.75. The van der Waals surface area contributed by atoms with E-state index in [-0.39, 0.29) is 11.9 Å². The van der Waals surface area contributed by atoms with Crippen molar-refractivity contribution in [2.24, 2.45) is 0 Å². The number of anilines is 1. The monoisotopic (exact) mass is 350 g/mol. The van der Waals surface area contributed by atoms with Gasteiger partial charge in [0.1, 0.15) is 0 Å². The standard InChI is InChI=1S/C16H22N4OS2/c1-13(15(21)17-5-4-14-3-2-11-22-14)19-7-9-20(10-8-19)16-18-6-12-23-16/h2-3,6,11-13H,4-5,7-10H2,1H3,(H,17,21). The predicted octanol–water partition coefficient (Wildman–Crippen LogP) is 2.07. The summed E-state index contributed by atoms with van der Waals surface area (Å²) in [6.45, 7) is 6.38. The van der Waals surface area contributed by atoms with Crippen molar-refractivity contribution in [2.45, 2.75) is 19.4 Å². The molecule has 1 aliphatic rings. The summed E-state index contributed by atoms with van der Waals surface area (Å²) in [5.41, 5.74) is 0. The Balaban J connectivity index is 1.41. The highest BCUT2D eigenvalue weighted by atomic mass is 32.1. The molecule has 0 saturated carbocycles. The Kier molecular flexibility index (Phi) is 5.64. The van der Waals surface area contributed by atoms with Crippen molar-refractivity contribution in [1.29, 1.82) is 0 Å². The van der Waals surface area contributed by atoms with Gasteiger partial charge >= 0.3 is 0 Å². The van der Waals surface area contributed by atoms with Gasteiger partial charge in [0.15, 0.2) is 5.13 Å². The summed E-state index contributed by atoms with van der Waals surface area (Å²) in [5, 5.41) is 8.22. The van der Waals surface area contributed by atoms with E-state index >= 15 is 0 Å². The van der Waals surface area contributed by atoms with E-state index in [1.807, 2.05) is 24.6 Å². The molecule has 2 aromatic heterocycles. The van der Waals surface area contributed by atoms with Crippen LogP contribution in [0.25, 0.3) is 0 Å². The van der Waals surface area contributed by atoms with Crippen LogP contribution in [0, 0.1) is 0 Å². The molecule has 1 atom stereocenters. The number of rotatable bonds is 6. The van der Waals surface area contributed by atoms with Crippen molar-refractivity contribution in [1.82, 2.24) is 15.2 Å². The zero-order chi connectivity index (χ0) is 16.1. The largest absolute Gasteiger partial charge is 0.354 e. The Bertz CT molecular complexity index is 592. The highest BCUT2D eigenvalue weighted by Crippen LogP contribution is 2.19. The van der Waals surface area contributed by atoms with E-state index in [1.165, 1.54) is 4.88 Å². The molecule has 1 fully saturated rings. The zero-order valence-electron chi connectivity index (χ0n) is 13.3. The van der Waals surface area contributed by atoms with E-state index < -0.39 is 0 Å². The van der Waals surface area contributed by atoms with Crippen molar-refractivity contribution < 1.29 is 4.79 Å². The number of carbonyl (C=O) groups excluding carboxylic acids is 1. The number of amides is 1. The third-order valence-electron chi connectivity index (χ3n) is 4.18. The molecule has 1 saturated heterocycles. The van der Waals surface area contributed by atoms with Gasteiger partial charge in [0.25, 0.3) is 0 Å². The minimum Gasteiger partial charge on any atom is -0.354 e. The van der Waals surface area contributed by atoms with Crippen molar-refractivity contribution in [3.05, 3.63) is 34.0 Å². The number of thiazole rings is 1. The maximum Gasteiger partial charge on any atom is 0.237 e. The lowest BCUT2D eigenvalue weighted by molar-refractivity contribution is -0.125. The highest BCUT2D eigenvalue weighted by molar-refractivity contribution is 7.13. The Hall–Kier alpha value is -1.44. The number of piperazine rings is 1. The molecule has 124 valence electrons. The average Bonchev–Trinajstić information content (AvgIpc) is 3.28. The van der Waals surface area contributed by atoms with Crippen molar-refractivity contribution >= 4 is 33.7 Å². The number of thiophene rings is 1. The van der Waals surface area contributed by atoms with Gasteiger partial charge in [-0.3, -0.25) is 9.69 Å². The molecule has 1 aliphatic heterocycles. The van der Waals surface area contributed by atoms with E-state index in [4.69, 9.17) is 0 Å². The van der Waals surface area contributed by atoms with Crippen LogP contribution < -0.4 is 10.2 Å². The lowest BCUT2D eigenvalue weighted by atomic mass is 10.2. The molecule has 0 radical (unpaired) electrons. The summed E-state index contributed by atoms with van der Waals surface area (Å²) >= 11 is 3.41. The molecule has 1 N–H and O–H groups in total. The number of carbonyl (C=O) groups is 1. The molecule has 3 heterocycles. The third kappa shape index (κ3) is 4.31. The van der Waals surface area contributed by atoms with Gasteiger partial charge in [-0.05, 0) is 24.8 Å². The Labute approximate surface area is 144 Å². The Morgan fingerprint density at radius 3 is 2.78 bits per heavy atom. The molecule has 23 heavy (non-hydrogen) atoms. The normalized spacial score (nSPS) is 17.2. The zero-order valence-corrected chi connectivity index (χ0v) is 14.9. The van der Waals surface area contributed by atoms with E-state index in [0.29, 0.717) is 6.54 Å². The van der Waals surface area contributed by atoms with Gasteiger partial charge in [0.05, 0.1) is 6.04 Å². The first-order valence-corrected chi connectivity index (χ1v) is 9.68. The maximum atomic E-state index is 12.3. The molecule has 2 aromatic rings. The van der Waals surface area contributed by atoms with Crippen molar-refractivity contribution in [3.8, 4) is 0 Å². The van der Waals surface area contributed by atoms with E-state index in [0.717, 1.165) is 37.7 Å². The van der Waals surface area contributed by atoms with Gasteiger partial charge in [-0.15, -0.1) is 22.7 Å². The Morgan fingerprint density at radius 1 is 1.30 bits per heavy atom. The first-order valence-electron chi connectivity index (χ1n) is 7.92. The fraction of sp³-hybridized carbons (Fsp3) is 0.500. The molecule has 0 aromatic carbocycles. The number of hydrogen-bond donors (Lipinski definition) is 1. The molecule has 0 aliphatic carbocycles. The summed E-state index contributed by atoms with van der Waals surface area (Å²) in [7, 11) is 0. The van der Waals surface area contributed by atoms with Crippen LogP contribution in [0.2, 0.25) is 0 Å². The number of hydrogen-bond acceptors (Lipinski definition) is 6. The van der Waals surface area contributed by atoms with Gasteiger partial charge in [-0.2, -0.15) is 0 Å². The van der Waals surface area contributed by atoms with E-state index in [1.54, 1.807) is 22.7 Å². The third-order valence-corrected chi connectivity index (χ3v) is 5.95. The fourth-order valence-corrected chi connectivity index (χ4v) is 4.16. The molecule has 7 heteroatoms.